The average molecular weight is 493 g/mol. The first-order valence-electron chi connectivity index (χ1n) is 9.26. The van der Waals surface area contributed by atoms with E-state index >= 15 is 0 Å². The van der Waals surface area contributed by atoms with Gasteiger partial charge in [0.1, 0.15) is 28.5 Å². The maximum atomic E-state index is 14.8. The molecular formula is C21H18F2N4O4S2. The van der Waals surface area contributed by atoms with E-state index in [0.29, 0.717) is 0 Å². The van der Waals surface area contributed by atoms with Gasteiger partial charge in [0.15, 0.2) is 14.9 Å². The number of hydrogen-bond donors (Lipinski definition) is 3. The van der Waals surface area contributed by atoms with Crippen molar-refractivity contribution in [2.45, 2.75) is 24.5 Å². The van der Waals surface area contributed by atoms with Crippen molar-refractivity contribution >= 4 is 37.9 Å². The molecular weight excluding hydrogens is 474 g/mol. The number of carbonyl (C=O) groups is 1. The van der Waals surface area contributed by atoms with Gasteiger partial charge < -0.3 is 16.2 Å². The fourth-order valence-corrected chi connectivity index (χ4v) is 4.84. The van der Waals surface area contributed by atoms with Crippen LogP contribution in [-0.4, -0.2) is 30.7 Å². The number of nitrogens with two attached hydrogens (primary N) is 1. The summed E-state index contributed by atoms with van der Waals surface area (Å²) in [7, 11) is -3.83. The van der Waals surface area contributed by atoms with Crippen LogP contribution < -0.4 is 11.1 Å². The molecule has 1 amide bonds. The number of anilines is 2. The number of carbonyl (C=O) groups excluding carboxylic acids is 1. The fraction of sp³-hybridized carbons (Fsp3) is 0.190. The molecule has 12 heteroatoms. The van der Waals surface area contributed by atoms with Crippen LogP contribution in [0.15, 0.2) is 35.4 Å². The third-order valence-corrected chi connectivity index (χ3v) is 6.65. The highest BCUT2D eigenvalue weighted by Crippen LogP contribution is 2.40. The molecule has 3 rings (SSSR count). The molecule has 0 aliphatic carbocycles. The molecule has 4 N–H and O–H groups in total. The maximum Gasteiger partial charge on any atom is 0.251 e. The molecule has 0 saturated carbocycles. The quantitative estimate of drug-likeness (QED) is 0.478. The lowest BCUT2D eigenvalue weighted by molar-refractivity contribution is 0.0778. The molecule has 0 radical (unpaired) electrons. The first kappa shape index (κ1) is 24.2. The molecule has 0 bridgehead atoms. The molecule has 0 aliphatic heterocycles. The predicted molar refractivity (Wildman–Crippen MR) is 119 cm³/mol. The molecule has 0 aliphatic rings. The van der Waals surface area contributed by atoms with Crippen molar-refractivity contribution in [2.75, 3.05) is 11.6 Å². The van der Waals surface area contributed by atoms with Crippen molar-refractivity contribution in [3.63, 3.8) is 0 Å². The molecule has 2 heterocycles. The fourth-order valence-electron chi connectivity index (χ4n) is 2.95. The lowest BCUT2D eigenvalue weighted by Crippen LogP contribution is -2.16. The van der Waals surface area contributed by atoms with Gasteiger partial charge in [0.05, 0.1) is 22.3 Å². The van der Waals surface area contributed by atoms with Gasteiger partial charge in [-0.3, -0.25) is 4.79 Å². The van der Waals surface area contributed by atoms with Gasteiger partial charge in [-0.1, -0.05) is 0 Å². The highest BCUT2D eigenvalue weighted by molar-refractivity contribution is 7.90. The van der Waals surface area contributed by atoms with E-state index in [1.54, 1.807) is 6.07 Å². The average Bonchev–Trinajstić information content (AvgIpc) is 3.09. The number of thiophene rings is 1. The molecule has 0 saturated heterocycles. The van der Waals surface area contributed by atoms with E-state index in [2.05, 4.69) is 10.3 Å². The predicted octanol–water partition coefficient (Wildman–Crippen LogP) is 3.43. The molecule has 33 heavy (non-hydrogen) atoms. The molecule has 1 aromatic carbocycles. The first-order valence-corrected chi connectivity index (χ1v) is 12.0. The number of pyridine rings is 1. The van der Waals surface area contributed by atoms with Gasteiger partial charge >= 0.3 is 0 Å². The summed E-state index contributed by atoms with van der Waals surface area (Å²) in [5.74, 6) is -2.83. The Hall–Kier alpha value is -3.40. The summed E-state index contributed by atoms with van der Waals surface area (Å²) in [6.07, 6.45) is 0.890. The van der Waals surface area contributed by atoms with Crippen LogP contribution in [-0.2, 0) is 15.4 Å². The second-order valence-electron chi connectivity index (χ2n) is 7.65. The van der Waals surface area contributed by atoms with Crippen LogP contribution in [0.5, 0.6) is 0 Å². The van der Waals surface area contributed by atoms with E-state index < -0.39 is 43.6 Å². The summed E-state index contributed by atoms with van der Waals surface area (Å²) < 4.78 is 53.4. The Morgan fingerprint density at radius 3 is 2.33 bits per heavy atom. The zero-order valence-electron chi connectivity index (χ0n) is 17.6. The zero-order valence-corrected chi connectivity index (χ0v) is 19.2. The number of primary amides is 1. The first-order chi connectivity index (χ1) is 15.2. The number of amides is 1. The Morgan fingerprint density at radius 2 is 1.85 bits per heavy atom. The van der Waals surface area contributed by atoms with Crippen LogP contribution >= 0.6 is 11.3 Å². The molecule has 0 unspecified atom stereocenters. The minimum absolute atomic E-state index is 0.0244. The van der Waals surface area contributed by atoms with Crippen molar-refractivity contribution in [3.8, 4) is 16.5 Å². The van der Waals surface area contributed by atoms with Gasteiger partial charge in [0, 0.05) is 11.1 Å². The molecule has 0 spiro atoms. The summed E-state index contributed by atoms with van der Waals surface area (Å²) in [5.41, 5.74) is 3.27. The van der Waals surface area contributed by atoms with Crippen LogP contribution in [0.4, 0.5) is 19.6 Å². The normalized spacial score (nSPS) is 11.8. The number of rotatable bonds is 6. The zero-order chi connectivity index (χ0) is 24.7. The summed E-state index contributed by atoms with van der Waals surface area (Å²) in [5, 5.41) is 21.5. The molecule has 3 aromatic rings. The Balaban J connectivity index is 2.11. The second kappa shape index (κ2) is 8.51. The van der Waals surface area contributed by atoms with Gasteiger partial charge in [0.25, 0.3) is 5.91 Å². The van der Waals surface area contributed by atoms with E-state index in [9.17, 15) is 27.1 Å². The van der Waals surface area contributed by atoms with E-state index in [1.807, 2.05) is 0 Å². The highest BCUT2D eigenvalue weighted by atomic mass is 32.2. The summed E-state index contributed by atoms with van der Waals surface area (Å²) in [6.45, 7) is 2.77. The summed E-state index contributed by atoms with van der Waals surface area (Å²) in [4.78, 5) is 15.9. The number of nitrogens with zero attached hydrogens (tertiary/aromatic N) is 2. The molecule has 2 aromatic heterocycles. The number of nitrogens with one attached hydrogen (secondary N) is 1. The van der Waals surface area contributed by atoms with E-state index in [4.69, 9.17) is 11.0 Å². The van der Waals surface area contributed by atoms with Crippen molar-refractivity contribution in [2.24, 2.45) is 5.73 Å². The van der Waals surface area contributed by atoms with Crippen LogP contribution in [0.1, 0.15) is 35.3 Å². The van der Waals surface area contributed by atoms with E-state index in [-0.39, 0.29) is 32.4 Å². The number of hydrogen-bond acceptors (Lipinski definition) is 8. The van der Waals surface area contributed by atoms with E-state index in [1.165, 1.54) is 32.0 Å². The summed E-state index contributed by atoms with van der Waals surface area (Å²) >= 11 is 0.792. The van der Waals surface area contributed by atoms with Gasteiger partial charge in [-0.2, -0.15) is 5.26 Å². The van der Waals surface area contributed by atoms with Crippen LogP contribution in [0.25, 0.3) is 10.4 Å². The van der Waals surface area contributed by atoms with E-state index in [0.717, 1.165) is 29.7 Å². The summed E-state index contributed by atoms with van der Waals surface area (Å²) in [6, 6.07) is 7.47. The smallest absolute Gasteiger partial charge is 0.251 e. The lowest BCUT2D eigenvalue weighted by atomic mass is 9.96. The Labute approximate surface area is 192 Å². The van der Waals surface area contributed by atoms with Crippen molar-refractivity contribution in [1.82, 2.24) is 4.98 Å². The van der Waals surface area contributed by atoms with Crippen molar-refractivity contribution in [3.05, 3.63) is 58.7 Å². The SMILES string of the molecule is CC(C)(O)c1cc(F)c(-c2cc(C(N)=O)c(Nc3ccc(C#N)c(S(C)(=O)=O)n3)s2)c(F)c1. The molecule has 172 valence electrons. The number of aliphatic hydroxyl groups is 1. The van der Waals surface area contributed by atoms with Gasteiger partial charge in [-0.05, 0) is 49.7 Å². The van der Waals surface area contributed by atoms with Crippen LogP contribution in [0.2, 0.25) is 0 Å². The topological polar surface area (TPSA) is 146 Å². The Morgan fingerprint density at radius 1 is 1.24 bits per heavy atom. The number of nitriles is 1. The largest absolute Gasteiger partial charge is 0.386 e. The molecule has 0 atom stereocenters. The molecule has 8 nitrogen and oxygen atoms in total. The Kier molecular flexibility index (Phi) is 6.25. The van der Waals surface area contributed by atoms with Crippen molar-refractivity contribution in [1.29, 1.82) is 5.26 Å². The monoisotopic (exact) mass is 492 g/mol. The van der Waals surface area contributed by atoms with Crippen LogP contribution in [0, 0.1) is 23.0 Å². The minimum atomic E-state index is -3.83. The number of halogens is 2. The minimum Gasteiger partial charge on any atom is -0.386 e. The number of benzene rings is 1. The standard InChI is InChI=1S/C21H18F2N4O4S2/c1-21(2,29)11-6-13(22)17(14(23)7-11)15-8-12(18(25)28)19(32-15)26-16-5-4-10(9-24)20(27-16)33(3,30)31/h4-8,29H,1-3H3,(H2,25,28)(H,26,27). The number of sulfone groups is 1. The Bertz CT molecular complexity index is 1400. The molecule has 0 fully saturated rings. The van der Waals surface area contributed by atoms with Crippen molar-refractivity contribution < 1.29 is 27.1 Å². The third kappa shape index (κ3) is 5.00. The lowest BCUT2D eigenvalue weighted by Gasteiger charge is -2.18. The van der Waals surface area contributed by atoms with Gasteiger partial charge in [-0.25, -0.2) is 22.2 Å². The maximum absolute atomic E-state index is 14.8. The number of aromatic nitrogens is 1. The highest BCUT2D eigenvalue weighted by Gasteiger charge is 2.25. The second-order valence-corrected chi connectivity index (χ2v) is 10.6. The van der Waals surface area contributed by atoms with Crippen LogP contribution in [0.3, 0.4) is 0 Å². The van der Waals surface area contributed by atoms with Gasteiger partial charge in [-0.15, -0.1) is 11.3 Å². The third-order valence-electron chi connectivity index (χ3n) is 4.57. The van der Waals surface area contributed by atoms with Gasteiger partial charge in [0.2, 0.25) is 0 Å².